The average molecular weight is 192 g/mol. The fourth-order valence-electron chi connectivity index (χ4n) is 1.33. The minimum Gasteiger partial charge on any atom is -0.490 e. The molecule has 74 valence electrons. The molecule has 1 heterocycles. The fourth-order valence-corrected chi connectivity index (χ4v) is 1.33. The van der Waals surface area contributed by atoms with Crippen molar-refractivity contribution in [2.24, 2.45) is 5.73 Å². The second kappa shape index (κ2) is 3.67. The molecule has 0 atom stereocenters. The molecule has 0 unspecified atom stereocenters. The second-order valence-electron chi connectivity index (χ2n) is 2.85. The minimum atomic E-state index is 0.306. The van der Waals surface area contributed by atoms with Crippen molar-refractivity contribution in [1.29, 1.82) is 0 Å². The summed E-state index contributed by atoms with van der Waals surface area (Å²) in [7, 11) is 0. The van der Waals surface area contributed by atoms with Gasteiger partial charge in [0.1, 0.15) is 5.52 Å². The van der Waals surface area contributed by atoms with Crippen LogP contribution in [0.15, 0.2) is 22.6 Å². The maximum Gasteiger partial charge on any atom is 0.209 e. The van der Waals surface area contributed by atoms with Crippen LogP contribution < -0.4 is 10.5 Å². The van der Waals surface area contributed by atoms with Crippen molar-refractivity contribution < 1.29 is 9.15 Å². The van der Waals surface area contributed by atoms with Crippen molar-refractivity contribution in [2.75, 3.05) is 6.61 Å². The highest BCUT2D eigenvalue weighted by Crippen LogP contribution is 2.26. The maximum absolute atomic E-state index is 5.44. The summed E-state index contributed by atoms with van der Waals surface area (Å²) >= 11 is 0. The number of ether oxygens (including phenoxy) is 1. The monoisotopic (exact) mass is 192 g/mol. The van der Waals surface area contributed by atoms with Crippen molar-refractivity contribution in [1.82, 2.24) is 4.98 Å². The molecule has 14 heavy (non-hydrogen) atoms. The quantitative estimate of drug-likeness (QED) is 0.803. The first-order valence-electron chi connectivity index (χ1n) is 4.56. The van der Waals surface area contributed by atoms with Crippen molar-refractivity contribution in [3.8, 4) is 5.75 Å². The van der Waals surface area contributed by atoms with E-state index in [2.05, 4.69) is 4.98 Å². The van der Waals surface area contributed by atoms with E-state index in [1.807, 2.05) is 25.1 Å². The van der Waals surface area contributed by atoms with Gasteiger partial charge in [0.05, 0.1) is 13.2 Å². The Morgan fingerprint density at radius 2 is 2.36 bits per heavy atom. The zero-order valence-corrected chi connectivity index (χ0v) is 7.99. The van der Waals surface area contributed by atoms with Gasteiger partial charge in [-0.15, -0.1) is 0 Å². The molecular formula is C10H12N2O2. The van der Waals surface area contributed by atoms with Crippen molar-refractivity contribution >= 4 is 11.1 Å². The zero-order valence-electron chi connectivity index (χ0n) is 7.99. The molecule has 2 N–H and O–H groups in total. The number of benzene rings is 1. The number of para-hydroxylation sites is 1. The molecule has 1 aromatic carbocycles. The lowest BCUT2D eigenvalue weighted by atomic mass is 10.3. The van der Waals surface area contributed by atoms with E-state index in [0.717, 1.165) is 11.3 Å². The molecule has 0 aliphatic rings. The third kappa shape index (κ3) is 1.44. The number of fused-ring (bicyclic) bond motifs is 1. The summed E-state index contributed by atoms with van der Waals surface area (Å²) in [5, 5.41) is 0. The highest BCUT2D eigenvalue weighted by atomic mass is 16.5. The first-order valence-corrected chi connectivity index (χ1v) is 4.56. The molecule has 0 fully saturated rings. The largest absolute Gasteiger partial charge is 0.490 e. The molecule has 0 radical (unpaired) electrons. The Kier molecular flexibility index (Phi) is 2.37. The summed E-state index contributed by atoms with van der Waals surface area (Å²) in [4.78, 5) is 4.20. The van der Waals surface area contributed by atoms with Gasteiger partial charge in [0.15, 0.2) is 11.3 Å². The lowest BCUT2D eigenvalue weighted by Crippen LogP contribution is -1.94. The Morgan fingerprint density at radius 1 is 1.50 bits per heavy atom. The number of aromatic nitrogens is 1. The van der Waals surface area contributed by atoms with Crippen molar-refractivity contribution in [3.05, 3.63) is 24.1 Å². The van der Waals surface area contributed by atoms with E-state index >= 15 is 0 Å². The normalized spacial score (nSPS) is 10.7. The summed E-state index contributed by atoms with van der Waals surface area (Å²) in [5.41, 5.74) is 6.90. The fraction of sp³-hybridized carbons (Fsp3) is 0.300. The Hall–Kier alpha value is -1.55. The van der Waals surface area contributed by atoms with Crippen LogP contribution in [0.3, 0.4) is 0 Å². The summed E-state index contributed by atoms with van der Waals surface area (Å²) < 4.78 is 10.8. The number of hydrogen-bond acceptors (Lipinski definition) is 4. The van der Waals surface area contributed by atoms with Gasteiger partial charge in [-0.1, -0.05) is 6.07 Å². The predicted molar refractivity (Wildman–Crippen MR) is 53.1 cm³/mol. The summed E-state index contributed by atoms with van der Waals surface area (Å²) in [6, 6.07) is 5.62. The molecule has 0 saturated heterocycles. The van der Waals surface area contributed by atoms with E-state index in [1.165, 1.54) is 0 Å². The van der Waals surface area contributed by atoms with Gasteiger partial charge >= 0.3 is 0 Å². The second-order valence-corrected chi connectivity index (χ2v) is 2.85. The Morgan fingerprint density at radius 3 is 3.07 bits per heavy atom. The molecule has 4 nitrogen and oxygen atoms in total. The van der Waals surface area contributed by atoms with E-state index in [9.17, 15) is 0 Å². The van der Waals surface area contributed by atoms with Gasteiger partial charge in [-0.25, -0.2) is 4.98 Å². The molecule has 0 saturated carbocycles. The topological polar surface area (TPSA) is 61.3 Å². The molecule has 2 aromatic rings. The average Bonchev–Trinajstić information content (AvgIpc) is 2.62. The van der Waals surface area contributed by atoms with E-state index in [-0.39, 0.29) is 0 Å². The SMILES string of the molecule is CCOc1cccc2nc(CN)oc12. The molecule has 0 spiro atoms. The Balaban J connectivity index is 2.55. The van der Waals surface area contributed by atoms with Crippen LogP contribution in [-0.2, 0) is 6.54 Å². The molecule has 0 amide bonds. The van der Waals surface area contributed by atoms with Crippen LogP contribution in [0.5, 0.6) is 5.75 Å². The zero-order chi connectivity index (χ0) is 9.97. The van der Waals surface area contributed by atoms with Crippen LogP contribution in [0.25, 0.3) is 11.1 Å². The van der Waals surface area contributed by atoms with Crippen LogP contribution >= 0.6 is 0 Å². The van der Waals surface area contributed by atoms with Crippen LogP contribution in [0.2, 0.25) is 0 Å². The molecular weight excluding hydrogens is 180 g/mol. The Bertz CT molecular complexity index is 437. The maximum atomic E-state index is 5.44. The molecule has 0 aliphatic heterocycles. The van der Waals surface area contributed by atoms with Gasteiger partial charge in [0.2, 0.25) is 5.89 Å². The van der Waals surface area contributed by atoms with E-state index in [4.69, 9.17) is 14.9 Å². The lowest BCUT2D eigenvalue weighted by Gasteiger charge is -2.01. The van der Waals surface area contributed by atoms with Crippen LogP contribution in [0.4, 0.5) is 0 Å². The molecule has 4 heteroatoms. The highest BCUT2D eigenvalue weighted by molar-refractivity contribution is 5.79. The van der Waals surface area contributed by atoms with Gasteiger partial charge in [0, 0.05) is 0 Å². The third-order valence-electron chi connectivity index (χ3n) is 1.90. The van der Waals surface area contributed by atoms with Crippen LogP contribution in [0.1, 0.15) is 12.8 Å². The van der Waals surface area contributed by atoms with Gasteiger partial charge < -0.3 is 14.9 Å². The van der Waals surface area contributed by atoms with Gasteiger partial charge in [-0.2, -0.15) is 0 Å². The summed E-state index contributed by atoms with van der Waals surface area (Å²) in [6.07, 6.45) is 0. The van der Waals surface area contributed by atoms with Crippen molar-refractivity contribution in [2.45, 2.75) is 13.5 Å². The number of oxazole rings is 1. The molecule has 2 rings (SSSR count). The van der Waals surface area contributed by atoms with Gasteiger partial charge in [-0.3, -0.25) is 0 Å². The number of nitrogens with zero attached hydrogens (tertiary/aromatic N) is 1. The van der Waals surface area contributed by atoms with Crippen LogP contribution in [0, 0.1) is 0 Å². The third-order valence-corrected chi connectivity index (χ3v) is 1.90. The first kappa shape index (κ1) is 9.02. The van der Waals surface area contributed by atoms with Crippen molar-refractivity contribution in [3.63, 3.8) is 0 Å². The first-order chi connectivity index (χ1) is 6.85. The van der Waals surface area contributed by atoms with E-state index in [0.29, 0.717) is 24.6 Å². The smallest absolute Gasteiger partial charge is 0.209 e. The van der Waals surface area contributed by atoms with Gasteiger partial charge in [0.25, 0.3) is 0 Å². The molecule has 1 aromatic heterocycles. The van der Waals surface area contributed by atoms with Gasteiger partial charge in [-0.05, 0) is 19.1 Å². The predicted octanol–water partition coefficient (Wildman–Crippen LogP) is 1.69. The van der Waals surface area contributed by atoms with E-state index in [1.54, 1.807) is 0 Å². The lowest BCUT2D eigenvalue weighted by molar-refractivity contribution is 0.337. The number of hydrogen-bond donors (Lipinski definition) is 1. The Labute approximate surface area is 81.7 Å². The number of nitrogens with two attached hydrogens (primary N) is 1. The van der Waals surface area contributed by atoms with E-state index < -0.39 is 0 Å². The minimum absolute atomic E-state index is 0.306. The molecule has 0 aliphatic carbocycles. The van der Waals surface area contributed by atoms with Crippen LogP contribution in [-0.4, -0.2) is 11.6 Å². The standard InChI is InChI=1S/C10H12N2O2/c1-2-13-8-5-3-4-7-10(8)14-9(6-11)12-7/h3-5H,2,6,11H2,1H3. The highest BCUT2D eigenvalue weighted by Gasteiger charge is 2.08. The number of rotatable bonds is 3. The summed E-state index contributed by atoms with van der Waals surface area (Å²) in [6.45, 7) is 2.84. The summed E-state index contributed by atoms with van der Waals surface area (Å²) in [5.74, 6) is 1.25. The molecule has 0 bridgehead atoms.